The van der Waals surface area contributed by atoms with Crippen molar-refractivity contribution in [2.75, 3.05) is 11.1 Å². The molecule has 0 aliphatic carbocycles. The van der Waals surface area contributed by atoms with Crippen LogP contribution < -0.4 is 5.32 Å². The van der Waals surface area contributed by atoms with Gasteiger partial charge in [0.1, 0.15) is 5.51 Å². The second kappa shape index (κ2) is 7.40. The van der Waals surface area contributed by atoms with Crippen molar-refractivity contribution in [2.45, 2.75) is 30.5 Å². The molecule has 106 valence electrons. The topological polar surface area (TPSA) is 54.9 Å². The zero-order chi connectivity index (χ0) is 14.4. The van der Waals surface area contributed by atoms with Crippen LogP contribution >= 0.6 is 23.1 Å². The van der Waals surface area contributed by atoms with Crippen LogP contribution in [-0.4, -0.2) is 21.9 Å². The number of anilines is 1. The summed E-state index contributed by atoms with van der Waals surface area (Å²) < 4.78 is 0.815. The molecule has 0 radical (unpaired) electrons. The molecule has 20 heavy (non-hydrogen) atoms. The van der Waals surface area contributed by atoms with Crippen molar-refractivity contribution in [3.63, 3.8) is 0 Å². The highest BCUT2D eigenvalue weighted by Gasteiger charge is 2.11. The largest absolute Gasteiger partial charge is 0.325 e. The lowest BCUT2D eigenvalue weighted by atomic mass is 9.97. The van der Waals surface area contributed by atoms with Gasteiger partial charge >= 0.3 is 0 Å². The Morgan fingerprint density at radius 1 is 1.45 bits per heavy atom. The van der Waals surface area contributed by atoms with Crippen molar-refractivity contribution in [1.29, 1.82) is 0 Å². The lowest BCUT2D eigenvalue weighted by Crippen LogP contribution is -2.15. The molecule has 1 atom stereocenters. The molecular weight excluding hydrogens is 290 g/mol. The minimum atomic E-state index is -0.0130. The minimum absolute atomic E-state index is 0.0130. The van der Waals surface area contributed by atoms with E-state index in [-0.39, 0.29) is 5.91 Å². The number of amides is 1. The average Bonchev–Trinajstić information content (AvgIpc) is 2.98. The fraction of sp³-hybridized carbons (Fsp3) is 0.357. The number of nitrogens with one attached hydrogen (secondary N) is 1. The Hall–Kier alpha value is -1.40. The van der Waals surface area contributed by atoms with E-state index in [0.29, 0.717) is 11.7 Å². The number of hydrogen-bond acceptors (Lipinski definition) is 5. The first-order valence-electron chi connectivity index (χ1n) is 6.48. The van der Waals surface area contributed by atoms with Crippen LogP contribution in [0.4, 0.5) is 5.69 Å². The summed E-state index contributed by atoms with van der Waals surface area (Å²) in [4.78, 5) is 12.0. The Morgan fingerprint density at radius 3 is 2.95 bits per heavy atom. The number of benzene rings is 1. The smallest absolute Gasteiger partial charge is 0.234 e. The van der Waals surface area contributed by atoms with Gasteiger partial charge < -0.3 is 5.32 Å². The molecule has 0 saturated carbocycles. The van der Waals surface area contributed by atoms with E-state index in [2.05, 4.69) is 35.4 Å². The summed E-state index contributed by atoms with van der Waals surface area (Å²) in [5.74, 6) is 0.771. The summed E-state index contributed by atoms with van der Waals surface area (Å²) in [7, 11) is 0. The zero-order valence-corrected chi connectivity index (χ0v) is 13.1. The van der Waals surface area contributed by atoms with E-state index in [4.69, 9.17) is 0 Å². The maximum atomic E-state index is 12.0. The molecule has 0 unspecified atom stereocenters. The molecule has 6 heteroatoms. The number of carbonyl (C=O) groups is 1. The van der Waals surface area contributed by atoms with Gasteiger partial charge in [0.05, 0.1) is 5.75 Å². The maximum absolute atomic E-state index is 12.0. The molecule has 0 bridgehead atoms. The predicted octanol–water partition coefficient (Wildman–Crippen LogP) is 3.78. The number of rotatable bonds is 6. The van der Waals surface area contributed by atoms with Gasteiger partial charge in [0.25, 0.3) is 0 Å². The first-order valence-corrected chi connectivity index (χ1v) is 8.35. The Balaban J connectivity index is 1.97. The second-order valence-electron chi connectivity index (χ2n) is 4.44. The highest BCUT2D eigenvalue weighted by Crippen LogP contribution is 2.27. The molecule has 1 aromatic carbocycles. The van der Waals surface area contributed by atoms with Gasteiger partial charge in [-0.2, -0.15) is 0 Å². The molecule has 0 fully saturated rings. The van der Waals surface area contributed by atoms with Gasteiger partial charge in [0.2, 0.25) is 5.91 Å². The lowest BCUT2D eigenvalue weighted by Gasteiger charge is -2.15. The number of aromatic nitrogens is 2. The van der Waals surface area contributed by atoms with Crippen LogP contribution in [-0.2, 0) is 4.79 Å². The van der Waals surface area contributed by atoms with E-state index in [9.17, 15) is 4.79 Å². The van der Waals surface area contributed by atoms with E-state index in [1.165, 1.54) is 28.7 Å². The molecular formula is C14H17N3OS2. The first-order chi connectivity index (χ1) is 9.70. The van der Waals surface area contributed by atoms with Crippen molar-refractivity contribution in [2.24, 2.45) is 0 Å². The van der Waals surface area contributed by atoms with E-state index in [1.54, 1.807) is 5.51 Å². The summed E-state index contributed by atoms with van der Waals surface area (Å²) in [6, 6.07) is 7.98. The SMILES string of the molecule is CC[C@@H](C)c1ccccc1NC(=O)CSc1nncs1. The number of para-hydroxylation sites is 1. The van der Waals surface area contributed by atoms with E-state index in [0.717, 1.165) is 16.4 Å². The van der Waals surface area contributed by atoms with Crippen molar-refractivity contribution in [3.05, 3.63) is 35.3 Å². The lowest BCUT2D eigenvalue weighted by molar-refractivity contribution is -0.113. The summed E-state index contributed by atoms with van der Waals surface area (Å²) in [5.41, 5.74) is 3.76. The van der Waals surface area contributed by atoms with Crippen LogP contribution in [0.25, 0.3) is 0 Å². The molecule has 1 heterocycles. The van der Waals surface area contributed by atoms with Crippen molar-refractivity contribution in [1.82, 2.24) is 10.2 Å². The monoisotopic (exact) mass is 307 g/mol. The Kier molecular flexibility index (Phi) is 5.55. The Morgan fingerprint density at radius 2 is 2.25 bits per heavy atom. The van der Waals surface area contributed by atoms with Gasteiger partial charge in [-0.15, -0.1) is 10.2 Å². The van der Waals surface area contributed by atoms with Gasteiger partial charge in [0, 0.05) is 5.69 Å². The number of hydrogen-bond donors (Lipinski definition) is 1. The third-order valence-electron chi connectivity index (χ3n) is 3.04. The van der Waals surface area contributed by atoms with E-state index in [1.807, 2.05) is 18.2 Å². The Bertz CT molecular complexity index is 557. The number of thioether (sulfide) groups is 1. The standard InChI is InChI=1S/C14H17N3OS2/c1-3-10(2)11-6-4-5-7-12(11)16-13(18)8-19-14-17-15-9-20-14/h4-7,9-10H,3,8H2,1-2H3,(H,16,18)/t10-/m1/s1. The molecule has 0 spiro atoms. The second-order valence-corrected chi connectivity index (χ2v) is 6.49. The highest BCUT2D eigenvalue weighted by atomic mass is 32.2. The highest BCUT2D eigenvalue weighted by molar-refractivity contribution is 8.01. The first kappa shape index (κ1) is 15.0. The molecule has 4 nitrogen and oxygen atoms in total. The molecule has 2 aromatic rings. The Labute approximate surface area is 127 Å². The maximum Gasteiger partial charge on any atom is 0.234 e. The predicted molar refractivity (Wildman–Crippen MR) is 84.4 cm³/mol. The van der Waals surface area contributed by atoms with Gasteiger partial charge in [-0.25, -0.2) is 0 Å². The zero-order valence-electron chi connectivity index (χ0n) is 11.5. The molecule has 2 rings (SSSR count). The normalized spacial score (nSPS) is 12.1. The molecule has 1 N–H and O–H groups in total. The number of carbonyl (C=O) groups excluding carboxylic acids is 1. The third-order valence-corrected chi connectivity index (χ3v) is 4.91. The van der Waals surface area contributed by atoms with Crippen molar-refractivity contribution < 1.29 is 4.79 Å². The quantitative estimate of drug-likeness (QED) is 0.825. The van der Waals surface area contributed by atoms with Crippen LogP contribution in [0.3, 0.4) is 0 Å². The molecule has 0 saturated heterocycles. The molecule has 0 aliphatic rings. The average molecular weight is 307 g/mol. The summed E-state index contributed by atoms with van der Waals surface area (Å²) in [6.45, 7) is 4.32. The van der Waals surface area contributed by atoms with Crippen LogP contribution in [0.15, 0.2) is 34.1 Å². The van der Waals surface area contributed by atoms with Crippen LogP contribution in [0.1, 0.15) is 31.7 Å². The molecule has 0 aliphatic heterocycles. The van der Waals surface area contributed by atoms with Crippen LogP contribution in [0.2, 0.25) is 0 Å². The van der Waals surface area contributed by atoms with Crippen molar-refractivity contribution >= 4 is 34.7 Å². The van der Waals surface area contributed by atoms with E-state index >= 15 is 0 Å². The fourth-order valence-corrected chi connectivity index (χ4v) is 3.09. The van der Waals surface area contributed by atoms with Gasteiger partial charge in [-0.05, 0) is 24.0 Å². The van der Waals surface area contributed by atoms with Gasteiger partial charge in [-0.1, -0.05) is 55.1 Å². The van der Waals surface area contributed by atoms with Crippen LogP contribution in [0, 0.1) is 0 Å². The molecule has 1 amide bonds. The molecule has 1 aromatic heterocycles. The van der Waals surface area contributed by atoms with Gasteiger partial charge in [0.15, 0.2) is 4.34 Å². The van der Waals surface area contributed by atoms with Gasteiger partial charge in [-0.3, -0.25) is 4.79 Å². The van der Waals surface area contributed by atoms with Crippen molar-refractivity contribution in [3.8, 4) is 0 Å². The summed E-state index contributed by atoms with van der Waals surface area (Å²) in [5, 5.41) is 10.6. The fourth-order valence-electron chi connectivity index (χ4n) is 1.80. The summed E-state index contributed by atoms with van der Waals surface area (Å²) >= 11 is 2.85. The van der Waals surface area contributed by atoms with Crippen LogP contribution in [0.5, 0.6) is 0 Å². The third kappa shape index (κ3) is 4.05. The summed E-state index contributed by atoms with van der Waals surface area (Å²) in [6.07, 6.45) is 1.05. The van der Waals surface area contributed by atoms with E-state index < -0.39 is 0 Å². The number of nitrogens with zero attached hydrogens (tertiary/aromatic N) is 2. The minimum Gasteiger partial charge on any atom is -0.325 e.